The molecule has 0 saturated heterocycles. The molecule has 3 N–H and O–H groups in total. The van der Waals surface area contributed by atoms with E-state index in [1.165, 1.54) is 0 Å². The van der Waals surface area contributed by atoms with Crippen LogP contribution in [0.25, 0.3) is 0 Å². The van der Waals surface area contributed by atoms with Crippen LogP contribution in [0.1, 0.15) is 42.3 Å². The summed E-state index contributed by atoms with van der Waals surface area (Å²) in [7, 11) is 0. The van der Waals surface area contributed by atoms with Crippen molar-refractivity contribution in [2.45, 2.75) is 32.4 Å². The maximum absolute atomic E-state index is 12.2. The number of rotatable bonds is 6. The second-order valence-electron chi connectivity index (χ2n) is 5.85. The molecule has 5 heteroatoms. The quantitative estimate of drug-likeness (QED) is 0.764. The number of anilines is 1. The Morgan fingerprint density at radius 2 is 1.62 bits per heavy atom. The number of para-hydroxylation sites is 1. The fourth-order valence-corrected chi connectivity index (χ4v) is 2.30. The lowest BCUT2D eigenvalue weighted by Crippen LogP contribution is -2.31. The van der Waals surface area contributed by atoms with Crippen LogP contribution in [0.2, 0.25) is 0 Å². The van der Waals surface area contributed by atoms with Gasteiger partial charge < -0.3 is 15.7 Å². The lowest BCUT2D eigenvalue weighted by molar-refractivity contribution is -0.118. The summed E-state index contributed by atoms with van der Waals surface area (Å²) < 4.78 is 0. The van der Waals surface area contributed by atoms with Crippen LogP contribution in [0.5, 0.6) is 0 Å². The third-order valence-corrected chi connectivity index (χ3v) is 3.43. The molecule has 2 rings (SSSR count). The molecule has 2 amide bonds. The van der Waals surface area contributed by atoms with Crippen molar-refractivity contribution in [3.8, 4) is 0 Å². The topological polar surface area (TPSA) is 78.4 Å². The van der Waals surface area contributed by atoms with Crippen LogP contribution in [-0.4, -0.2) is 23.0 Å². The van der Waals surface area contributed by atoms with Crippen LogP contribution in [0, 0.1) is 0 Å². The van der Waals surface area contributed by atoms with Gasteiger partial charge in [-0.3, -0.25) is 9.59 Å². The van der Waals surface area contributed by atoms with Gasteiger partial charge in [0.05, 0.1) is 23.8 Å². The van der Waals surface area contributed by atoms with Gasteiger partial charge in [0.1, 0.15) is 0 Å². The van der Waals surface area contributed by atoms with Crippen molar-refractivity contribution in [2.75, 3.05) is 5.32 Å². The van der Waals surface area contributed by atoms with Crippen molar-refractivity contribution in [3.63, 3.8) is 0 Å². The summed E-state index contributed by atoms with van der Waals surface area (Å²) in [6.45, 7) is 3.74. The summed E-state index contributed by atoms with van der Waals surface area (Å²) in [4.78, 5) is 24.4. The van der Waals surface area contributed by atoms with Gasteiger partial charge in [-0.15, -0.1) is 0 Å². The zero-order chi connectivity index (χ0) is 17.5. The van der Waals surface area contributed by atoms with E-state index in [2.05, 4.69) is 10.6 Å². The molecule has 0 spiro atoms. The smallest absolute Gasteiger partial charge is 0.253 e. The standard InChI is InChI=1S/C19H22N2O3/c1-13(2)20-19(24)15-10-6-7-11-16(15)21-18(23)12-17(22)14-8-4-3-5-9-14/h3-11,13,17,22H,12H2,1-2H3,(H,20,24)(H,21,23). The van der Waals surface area contributed by atoms with Gasteiger partial charge in [-0.2, -0.15) is 0 Å². The first-order chi connectivity index (χ1) is 11.5. The molecule has 1 unspecified atom stereocenters. The minimum Gasteiger partial charge on any atom is -0.388 e. The number of carbonyl (C=O) groups excluding carboxylic acids is 2. The van der Waals surface area contributed by atoms with Gasteiger partial charge in [-0.25, -0.2) is 0 Å². The molecule has 0 aromatic heterocycles. The van der Waals surface area contributed by atoms with E-state index in [0.717, 1.165) is 0 Å². The molecule has 5 nitrogen and oxygen atoms in total. The number of nitrogens with one attached hydrogen (secondary N) is 2. The van der Waals surface area contributed by atoms with E-state index in [1.54, 1.807) is 36.4 Å². The Balaban J connectivity index is 2.05. The molecular formula is C19H22N2O3. The second kappa shape index (κ2) is 8.26. The molecule has 2 aromatic rings. The highest BCUT2D eigenvalue weighted by atomic mass is 16.3. The third-order valence-electron chi connectivity index (χ3n) is 3.43. The summed E-state index contributed by atoms with van der Waals surface area (Å²) in [5.74, 6) is -0.597. The van der Waals surface area contributed by atoms with Crippen LogP contribution in [-0.2, 0) is 4.79 Å². The molecule has 126 valence electrons. The number of amides is 2. The molecule has 1 atom stereocenters. The molecule has 24 heavy (non-hydrogen) atoms. The molecule has 0 radical (unpaired) electrons. The first-order valence-corrected chi connectivity index (χ1v) is 7.90. The summed E-state index contributed by atoms with van der Waals surface area (Å²) >= 11 is 0. The highest BCUT2D eigenvalue weighted by Crippen LogP contribution is 2.19. The van der Waals surface area contributed by atoms with Crippen molar-refractivity contribution in [1.82, 2.24) is 5.32 Å². The Morgan fingerprint density at radius 3 is 2.29 bits per heavy atom. The summed E-state index contributed by atoms with van der Waals surface area (Å²) in [6.07, 6.45) is -0.965. The van der Waals surface area contributed by atoms with Gasteiger partial charge >= 0.3 is 0 Å². The predicted octanol–water partition coefficient (Wildman–Crippen LogP) is 2.89. The Labute approximate surface area is 141 Å². The van der Waals surface area contributed by atoms with Gasteiger partial charge in [-0.05, 0) is 31.5 Å². The first kappa shape index (κ1) is 17.7. The van der Waals surface area contributed by atoms with Crippen molar-refractivity contribution in [2.24, 2.45) is 0 Å². The second-order valence-corrected chi connectivity index (χ2v) is 5.85. The van der Waals surface area contributed by atoms with Gasteiger partial charge in [-0.1, -0.05) is 42.5 Å². The van der Waals surface area contributed by atoms with Crippen molar-refractivity contribution >= 4 is 17.5 Å². The minimum absolute atomic E-state index is 0.00107. The SMILES string of the molecule is CC(C)NC(=O)c1ccccc1NC(=O)CC(O)c1ccccc1. The molecular weight excluding hydrogens is 304 g/mol. The zero-order valence-electron chi connectivity index (χ0n) is 13.8. The predicted molar refractivity (Wildman–Crippen MR) is 93.7 cm³/mol. The average Bonchev–Trinajstić information content (AvgIpc) is 2.55. The van der Waals surface area contributed by atoms with Crippen LogP contribution < -0.4 is 10.6 Å². The number of aliphatic hydroxyl groups is 1. The molecule has 0 bridgehead atoms. The van der Waals surface area contributed by atoms with E-state index in [0.29, 0.717) is 16.8 Å². The van der Waals surface area contributed by atoms with Crippen molar-refractivity contribution in [1.29, 1.82) is 0 Å². The molecule has 0 saturated carbocycles. The number of hydrogen-bond donors (Lipinski definition) is 3. The highest BCUT2D eigenvalue weighted by Gasteiger charge is 2.16. The van der Waals surface area contributed by atoms with Crippen molar-refractivity contribution in [3.05, 3.63) is 65.7 Å². The van der Waals surface area contributed by atoms with E-state index in [-0.39, 0.29) is 24.3 Å². The van der Waals surface area contributed by atoms with Gasteiger partial charge in [0, 0.05) is 6.04 Å². The lowest BCUT2D eigenvalue weighted by atomic mass is 10.1. The summed E-state index contributed by atoms with van der Waals surface area (Å²) in [6, 6.07) is 15.8. The molecule has 0 heterocycles. The van der Waals surface area contributed by atoms with Crippen LogP contribution in [0.15, 0.2) is 54.6 Å². The number of carbonyl (C=O) groups is 2. The maximum atomic E-state index is 12.2. The molecule has 0 aliphatic heterocycles. The van der Waals surface area contributed by atoms with Gasteiger partial charge in [0.25, 0.3) is 5.91 Å². The van der Waals surface area contributed by atoms with E-state index >= 15 is 0 Å². The van der Waals surface area contributed by atoms with Crippen LogP contribution >= 0.6 is 0 Å². The van der Waals surface area contributed by atoms with E-state index in [9.17, 15) is 14.7 Å². The number of hydrogen-bond acceptors (Lipinski definition) is 3. The third kappa shape index (κ3) is 4.93. The monoisotopic (exact) mass is 326 g/mol. The fraction of sp³-hybridized carbons (Fsp3) is 0.263. The van der Waals surface area contributed by atoms with Gasteiger partial charge in [0.15, 0.2) is 0 Å². The van der Waals surface area contributed by atoms with Crippen molar-refractivity contribution < 1.29 is 14.7 Å². The lowest BCUT2D eigenvalue weighted by Gasteiger charge is -2.14. The maximum Gasteiger partial charge on any atom is 0.253 e. The molecule has 0 fully saturated rings. The first-order valence-electron chi connectivity index (χ1n) is 7.90. The zero-order valence-corrected chi connectivity index (χ0v) is 13.8. The normalized spacial score (nSPS) is 11.8. The van der Waals surface area contributed by atoms with E-state index in [4.69, 9.17) is 0 Å². The minimum atomic E-state index is -0.886. The Kier molecular flexibility index (Phi) is 6.09. The number of aliphatic hydroxyl groups excluding tert-OH is 1. The van der Waals surface area contributed by atoms with Crippen LogP contribution in [0.3, 0.4) is 0 Å². The Morgan fingerprint density at radius 1 is 1.00 bits per heavy atom. The molecule has 0 aliphatic rings. The summed E-state index contributed by atoms with van der Waals surface area (Å²) in [5, 5.41) is 15.6. The largest absolute Gasteiger partial charge is 0.388 e. The van der Waals surface area contributed by atoms with E-state index < -0.39 is 6.10 Å². The Hall–Kier alpha value is -2.66. The highest BCUT2D eigenvalue weighted by molar-refractivity contribution is 6.03. The average molecular weight is 326 g/mol. The molecule has 2 aromatic carbocycles. The Bertz CT molecular complexity index is 699. The molecule has 0 aliphatic carbocycles. The van der Waals surface area contributed by atoms with Crippen LogP contribution in [0.4, 0.5) is 5.69 Å². The van der Waals surface area contributed by atoms with E-state index in [1.807, 2.05) is 32.0 Å². The fourth-order valence-electron chi connectivity index (χ4n) is 2.30. The number of benzene rings is 2. The summed E-state index contributed by atoms with van der Waals surface area (Å²) in [5.41, 5.74) is 1.51. The van der Waals surface area contributed by atoms with Gasteiger partial charge in [0.2, 0.25) is 5.91 Å².